The summed E-state index contributed by atoms with van der Waals surface area (Å²) in [6.45, 7) is 0.601. The minimum absolute atomic E-state index is 0.117. The van der Waals surface area contributed by atoms with Gasteiger partial charge in [-0.15, -0.1) is 0 Å². The molecule has 0 radical (unpaired) electrons. The van der Waals surface area contributed by atoms with Crippen molar-refractivity contribution in [2.75, 3.05) is 20.1 Å². The normalized spacial score (nSPS) is 17.1. The third kappa shape index (κ3) is 5.38. The van der Waals surface area contributed by atoms with Crippen molar-refractivity contribution in [2.45, 2.75) is 24.3 Å². The summed E-state index contributed by atoms with van der Waals surface area (Å²) in [4.78, 5) is 19.0. The lowest BCUT2D eigenvalue weighted by atomic mass is 9.98. The van der Waals surface area contributed by atoms with Gasteiger partial charge in [-0.2, -0.15) is 9.29 Å². The van der Waals surface area contributed by atoms with Gasteiger partial charge < -0.3 is 9.42 Å². The molecule has 1 saturated heterocycles. The third-order valence-corrected chi connectivity index (χ3v) is 7.85. The van der Waals surface area contributed by atoms with E-state index in [0.717, 1.165) is 0 Å². The monoisotopic (exact) mass is 508 g/mol. The van der Waals surface area contributed by atoms with Gasteiger partial charge in [0.1, 0.15) is 0 Å². The average molecular weight is 509 g/mol. The molecule has 11 heteroatoms. The van der Waals surface area contributed by atoms with Gasteiger partial charge in [-0.25, -0.2) is 8.42 Å². The molecular formula is C22H22Cl2N4O4S. The summed E-state index contributed by atoms with van der Waals surface area (Å²) in [6, 6.07) is 13.1. The second-order valence-electron chi connectivity index (χ2n) is 7.87. The SMILES string of the molecule is CN(Cc1nc(-c2cccc(Cl)c2)no1)C(=O)[C@@H]1CCCN(S(=O)(=O)c2ccc(Cl)cc2)C1. The van der Waals surface area contributed by atoms with Gasteiger partial charge in [0, 0.05) is 35.7 Å². The van der Waals surface area contributed by atoms with Gasteiger partial charge in [0.2, 0.25) is 27.6 Å². The van der Waals surface area contributed by atoms with E-state index in [4.69, 9.17) is 27.7 Å². The van der Waals surface area contributed by atoms with Crippen LogP contribution in [0.4, 0.5) is 0 Å². The van der Waals surface area contributed by atoms with Gasteiger partial charge in [0.05, 0.1) is 17.4 Å². The fraction of sp³-hybridized carbons (Fsp3) is 0.318. The first-order valence-corrected chi connectivity index (χ1v) is 12.5. The van der Waals surface area contributed by atoms with Gasteiger partial charge >= 0.3 is 0 Å². The molecule has 2 aromatic carbocycles. The summed E-state index contributed by atoms with van der Waals surface area (Å²) < 4.78 is 32.7. The highest BCUT2D eigenvalue weighted by molar-refractivity contribution is 7.89. The van der Waals surface area contributed by atoms with Crippen molar-refractivity contribution >= 4 is 39.1 Å². The predicted molar refractivity (Wildman–Crippen MR) is 124 cm³/mol. The van der Waals surface area contributed by atoms with Crippen LogP contribution < -0.4 is 0 Å². The number of sulfonamides is 1. The summed E-state index contributed by atoms with van der Waals surface area (Å²) in [6.07, 6.45) is 1.20. The van der Waals surface area contributed by atoms with Crippen LogP contribution in [0.1, 0.15) is 18.7 Å². The fourth-order valence-corrected chi connectivity index (χ4v) is 5.61. The molecule has 1 aromatic heterocycles. The van der Waals surface area contributed by atoms with E-state index in [0.29, 0.717) is 40.8 Å². The minimum atomic E-state index is -3.71. The van der Waals surface area contributed by atoms with Crippen LogP contribution in [0.15, 0.2) is 57.9 Å². The van der Waals surface area contributed by atoms with Gasteiger partial charge in [0.25, 0.3) is 0 Å². The van der Waals surface area contributed by atoms with Crippen molar-refractivity contribution in [2.24, 2.45) is 5.92 Å². The Labute approximate surface area is 202 Å². The Morgan fingerprint density at radius 1 is 1.18 bits per heavy atom. The van der Waals surface area contributed by atoms with Gasteiger partial charge in [-0.3, -0.25) is 4.79 Å². The number of hydrogen-bond acceptors (Lipinski definition) is 6. The van der Waals surface area contributed by atoms with E-state index in [1.54, 1.807) is 25.2 Å². The Morgan fingerprint density at radius 2 is 1.94 bits per heavy atom. The minimum Gasteiger partial charge on any atom is -0.337 e. The zero-order valence-electron chi connectivity index (χ0n) is 17.8. The van der Waals surface area contributed by atoms with Crippen LogP contribution in [0, 0.1) is 5.92 Å². The number of amides is 1. The maximum atomic E-state index is 13.1. The lowest BCUT2D eigenvalue weighted by Crippen LogP contribution is -2.45. The quantitative estimate of drug-likeness (QED) is 0.497. The van der Waals surface area contributed by atoms with E-state index in [2.05, 4.69) is 10.1 Å². The highest BCUT2D eigenvalue weighted by atomic mass is 35.5. The van der Waals surface area contributed by atoms with E-state index < -0.39 is 15.9 Å². The first-order chi connectivity index (χ1) is 15.7. The van der Waals surface area contributed by atoms with Gasteiger partial charge in [-0.05, 0) is 49.2 Å². The molecule has 0 unspecified atom stereocenters. The van der Waals surface area contributed by atoms with E-state index in [1.165, 1.54) is 33.5 Å². The predicted octanol–water partition coefficient (Wildman–Crippen LogP) is 4.10. The third-order valence-electron chi connectivity index (χ3n) is 5.48. The molecule has 0 spiro atoms. The zero-order valence-corrected chi connectivity index (χ0v) is 20.1. The number of nitrogens with zero attached hydrogens (tertiary/aromatic N) is 4. The van der Waals surface area contributed by atoms with Crippen molar-refractivity contribution in [1.29, 1.82) is 0 Å². The van der Waals surface area contributed by atoms with Crippen molar-refractivity contribution in [3.8, 4) is 11.4 Å². The van der Waals surface area contributed by atoms with Crippen molar-refractivity contribution < 1.29 is 17.7 Å². The maximum Gasteiger partial charge on any atom is 0.246 e. The van der Waals surface area contributed by atoms with Crippen LogP contribution in [0.3, 0.4) is 0 Å². The van der Waals surface area contributed by atoms with Crippen molar-refractivity contribution in [3.05, 3.63) is 64.5 Å². The van der Waals surface area contributed by atoms with Crippen LogP contribution in [-0.4, -0.2) is 53.8 Å². The number of carbonyl (C=O) groups excluding carboxylic acids is 1. The van der Waals surface area contributed by atoms with Gasteiger partial charge in [-0.1, -0.05) is 40.5 Å². The molecular weight excluding hydrogens is 487 g/mol. The first-order valence-electron chi connectivity index (χ1n) is 10.3. The molecule has 1 fully saturated rings. The number of benzene rings is 2. The Hall–Kier alpha value is -2.46. The number of piperidine rings is 1. The summed E-state index contributed by atoms with van der Waals surface area (Å²) in [7, 11) is -2.07. The van der Waals surface area contributed by atoms with Crippen molar-refractivity contribution in [1.82, 2.24) is 19.3 Å². The zero-order chi connectivity index (χ0) is 23.6. The number of halogens is 2. The summed E-state index contributed by atoms with van der Waals surface area (Å²) in [5.74, 6) is 0.0307. The molecule has 1 aliphatic rings. The Kier molecular flexibility index (Phi) is 7.04. The lowest BCUT2D eigenvalue weighted by molar-refractivity contribution is -0.136. The first kappa shape index (κ1) is 23.7. The second kappa shape index (κ2) is 9.80. The Bertz CT molecular complexity index is 1250. The van der Waals surface area contributed by atoms with E-state index in [9.17, 15) is 13.2 Å². The van der Waals surface area contributed by atoms with E-state index >= 15 is 0 Å². The van der Waals surface area contributed by atoms with Crippen LogP contribution in [0.5, 0.6) is 0 Å². The standard InChI is InChI=1S/C22H22Cl2N4O4S/c1-27(14-20-25-21(26-32-20)15-4-2-6-18(24)12-15)22(29)16-5-3-11-28(13-16)33(30,31)19-9-7-17(23)8-10-19/h2,4,6-10,12,16H,3,5,11,13-14H2,1H3/t16-/m1/s1. The molecule has 33 heavy (non-hydrogen) atoms. The van der Waals surface area contributed by atoms with Crippen molar-refractivity contribution in [3.63, 3.8) is 0 Å². The Balaban J connectivity index is 1.42. The molecule has 4 rings (SSSR count). The van der Waals surface area contributed by atoms with Crippen LogP contribution in [0.2, 0.25) is 10.0 Å². The largest absolute Gasteiger partial charge is 0.337 e. The molecule has 1 atom stereocenters. The van der Waals surface area contributed by atoms with E-state index in [-0.39, 0.29) is 29.8 Å². The second-order valence-corrected chi connectivity index (χ2v) is 10.7. The fourth-order valence-electron chi connectivity index (χ4n) is 3.77. The van der Waals surface area contributed by atoms with Crippen LogP contribution in [0.25, 0.3) is 11.4 Å². The maximum absolute atomic E-state index is 13.1. The van der Waals surface area contributed by atoms with Crippen LogP contribution >= 0.6 is 23.2 Å². The Morgan fingerprint density at radius 3 is 2.67 bits per heavy atom. The van der Waals surface area contributed by atoms with Gasteiger partial charge in [0.15, 0.2) is 0 Å². The molecule has 174 valence electrons. The van der Waals surface area contributed by atoms with Crippen LogP contribution in [-0.2, 0) is 21.4 Å². The smallest absolute Gasteiger partial charge is 0.246 e. The number of aromatic nitrogens is 2. The molecule has 1 aliphatic heterocycles. The molecule has 2 heterocycles. The average Bonchev–Trinajstić information content (AvgIpc) is 3.27. The molecule has 0 bridgehead atoms. The summed E-state index contributed by atoms with van der Waals surface area (Å²) >= 11 is 11.9. The molecule has 1 amide bonds. The number of rotatable bonds is 6. The van der Waals surface area contributed by atoms with E-state index in [1.807, 2.05) is 6.07 Å². The number of hydrogen-bond donors (Lipinski definition) is 0. The highest BCUT2D eigenvalue weighted by Gasteiger charge is 2.34. The molecule has 8 nitrogen and oxygen atoms in total. The lowest BCUT2D eigenvalue weighted by Gasteiger charge is -2.33. The summed E-state index contributed by atoms with van der Waals surface area (Å²) in [5, 5.41) is 4.97. The molecule has 0 saturated carbocycles. The summed E-state index contributed by atoms with van der Waals surface area (Å²) in [5.41, 5.74) is 0.710. The molecule has 3 aromatic rings. The topological polar surface area (TPSA) is 96.6 Å². The number of carbonyl (C=O) groups is 1. The highest BCUT2D eigenvalue weighted by Crippen LogP contribution is 2.26. The molecule has 0 aliphatic carbocycles. The molecule has 0 N–H and O–H groups in total.